The Kier molecular flexibility index (Phi) is 4.54. The molecule has 136 valence electrons. The molecule has 0 saturated heterocycles. The van der Waals surface area contributed by atoms with Gasteiger partial charge in [-0.25, -0.2) is 9.97 Å². The Labute approximate surface area is 163 Å². The van der Waals surface area contributed by atoms with Crippen LogP contribution >= 0.6 is 11.6 Å². The van der Waals surface area contributed by atoms with Gasteiger partial charge >= 0.3 is 0 Å². The van der Waals surface area contributed by atoms with Gasteiger partial charge in [-0.1, -0.05) is 29.8 Å². The molecule has 1 aliphatic heterocycles. The van der Waals surface area contributed by atoms with Crippen LogP contribution in [0.4, 0.5) is 17.3 Å². The van der Waals surface area contributed by atoms with Gasteiger partial charge in [0.25, 0.3) is 5.91 Å². The second kappa shape index (κ2) is 7.00. The highest BCUT2D eigenvalue weighted by atomic mass is 35.5. The van der Waals surface area contributed by atoms with Crippen LogP contribution in [0, 0.1) is 6.92 Å². The molecule has 3 aromatic rings. The Hall–Kier alpha value is -2.92. The van der Waals surface area contributed by atoms with Crippen molar-refractivity contribution >= 4 is 34.8 Å². The molecule has 27 heavy (non-hydrogen) atoms. The van der Waals surface area contributed by atoms with E-state index in [0.717, 1.165) is 23.4 Å². The number of benzene rings is 2. The van der Waals surface area contributed by atoms with Crippen LogP contribution < -0.4 is 10.2 Å². The van der Waals surface area contributed by atoms with Crippen molar-refractivity contribution in [2.24, 2.45) is 0 Å². The summed E-state index contributed by atoms with van der Waals surface area (Å²) >= 11 is 5.96. The van der Waals surface area contributed by atoms with E-state index in [9.17, 15) is 4.79 Å². The molecule has 6 heteroatoms. The number of carbonyl (C=O) groups is 1. The smallest absolute Gasteiger partial charge is 0.258 e. The van der Waals surface area contributed by atoms with Crippen LogP contribution in [-0.2, 0) is 6.42 Å². The van der Waals surface area contributed by atoms with Crippen LogP contribution in [0.25, 0.3) is 0 Å². The average Bonchev–Trinajstić information content (AvgIpc) is 3.00. The summed E-state index contributed by atoms with van der Waals surface area (Å²) in [7, 11) is 0. The van der Waals surface area contributed by atoms with Gasteiger partial charge in [-0.2, -0.15) is 0 Å². The van der Waals surface area contributed by atoms with Gasteiger partial charge in [-0.3, -0.25) is 4.79 Å². The van der Waals surface area contributed by atoms with E-state index in [-0.39, 0.29) is 11.9 Å². The van der Waals surface area contributed by atoms with E-state index in [1.807, 2.05) is 25.1 Å². The first kappa shape index (κ1) is 17.5. The van der Waals surface area contributed by atoms with E-state index < -0.39 is 0 Å². The molecule has 1 aromatic heterocycles. The average molecular weight is 379 g/mol. The third kappa shape index (κ3) is 3.38. The summed E-state index contributed by atoms with van der Waals surface area (Å²) in [5.74, 6) is 0.355. The zero-order chi connectivity index (χ0) is 19.0. The lowest BCUT2D eigenvalue weighted by atomic mass is 10.1. The number of amides is 1. The Morgan fingerprint density at radius 1 is 1.19 bits per heavy atom. The Morgan fingerprint density at radius 3 is 2.67 bits per heavy atom. The first-order chi connectivity index (χ1) is 13.0. The zero-order valence-corrected chi connectivity index (χ0v) is 15.9. The molecule has 1 N–H and O–H groups in total. The fraction of sp³-hybridized carbons (Fsp3) is 0.190. The van der Waals surface area contributed by atoms with Crippen molar-refractivity contribution in [3.05, 3.63) is 76.6 Å². The Morgan fingerprint density at radius 2 is 1.93 bits per heavy atom. The minimum Gasteiger partial charge on any atom is -0.322 e. The van der Waals surface area contributed by atoms with Gasteiger partial charge in [0.2, 0.25) is 5.95 Å². The SMILES string of the molecule is Cc1cc(Cl)ccc1NC(=O)c1cnc(N2c3ccccc3CC2C)nc1. The number of aryl methyl sites for hydroxylation is 1. The second-order valence-electron chi connectivity index (χ2n) is 6.74. The predicted octanol–water partition coefficient (Wildman–Crippen LogP) is 4.77. The van der Waals surface area contributed by atoms with Crippen molar-refractivity contribution in [2.75, 3.05) is 10.2 Å². The highest BCUT2D eigenvalue weighted by Gasteiger charge is 2.28. The number of hydrogen-bond acceptors (Lipinski definition) is 4. The number of nitrogens with one attached hydrogen (secondary N) is 1. The molecule has 1 atom stereocenters. The number of para-hydroxylation sites is 1. The number of halogens is 1. The molecule has 0 radical (unpaired) electrons. The van der Waals surface area contributed by atoms with Gasteiger partial charge in [0.05, 0.1) is 5.56 Å². The summed E-state index contributed by atoms with van der Waals surface area (Å²) in [6.07, 6.45) is 4.09. The first-order valence-electron chi connectivity index (χ1n) is 8.79. The summed E-state index contributed by atoms with van der Waals surface area (Å²) in [5.41, 5.74) is 4.44. The Bertz CT molecular complexity index is 1000. The van der Waals surface area contributed by atoms with Crippen LogP contribution in [0.3, 0.4) is 0 Å². The third-order valence-electron chi connectivity index (χ3n) is 4.76. The van der Waals surface area contributed by atoms with Crippen LogP contribution in [0.2, 0.25) is 5.02 Å². The molecule has 0 bridgehead atoms. The summed E-state index contributed by atoms with van der Waals surface area (Å²) < 4.78 is 0. The molecular weight excluding hydrogens is 360 g/mol. The Balaban J connectivity index is 1.55. The van der Waals surface area contributed by atoms with Gasteiger partial charge in [0.15, 0.2) is 0 Å². The molecule has 5 nitrogen and oxygen atoms in total. The van der Waals surface area contributed by atoms with Gasteiger partial charge < -0.3 is 10.2 Å². The normalized spacial score (nSPS) is 15.5. The maximum Gasteiger partial charge on any atom is 0.258 e. The highest BCUT2D eigenvalue weighted by Crippen LogP contribution is 2.36. The molecule has 0 spiro atoms. The van der Waals surface area contributed by atoms with Gasteiger partial charge in [0, 0.05) is 34.8 Å². The van der Waals surface area contributed by atoms with Crippen LogP contribution in [0.5, 0.6) is 0 Å². The van der Waals surface area contributed by atoms with E-state index in [0.29, 0.717) is 16.5 Å². The minimum atomic E-state index is -0.248. The van der Waals surface area contributed by atoms with Crippen molar-refractivity contribution in [3.63, 3.8) is 0 Å². The largest absolute Gasteiger partial charge is 0.322 e. The maximum atomic E-state index is 12.5. The monoisotopic (exact) mass is 378 g/mol. The second-order valence-corrected chi connectivity index (χ2v) is 7.17. The lowest BCUT2D eigenvalue weighted by molar-refractivity contribution is 0.102. The third-order valence-corrected chi connectivity index (χ3v) is 4.99. The number of carbonyl (C=O) groups excluding carboxylic acids is 1. The maximum absolute atomic E-state index is 12.5. The van der Waals surface area contributed by atoms with Gasteiger partial charge in [0.1, 0.15) is 0 Å². The standard InChI is InChI=1S/C21H19ClN4O/c1-13-9-17(22)7-8-18(13)25-20(27)16-11-23-21(24-12-16)26-14(2)10-15-5-3-4-6-19(15)26/h3-9,11-12,14H,10H2,1-2H3,(H,25,27). The number of rotatable bonds is 3. The molecule has 0 saturated carbocycles. The van der Waals surface area contributed by atoms with Crippen molar-refractivity contribution in [1.82, 2.24) is 9.97 Å². The molecule has 4 rings (SSSR count). The lowest BCUT2D eigenvalue weighted by Gasteiger charge is -2.22. The lowest BCUT2D eigenvalue weighted by Crippen LogP contribution is -2.26. The number of nitrogens with zero attached hydrogens (tertiary/aromatic N) is 3. The van der Waals surface area contributed by atoms with Crippen LogP contribution in [-0.4, -0.2) is 21.9 Å². The summed E-state index contributed by atoms with van der Waals surface area (Å²) in [6.45, 7) is 4.04. The fourth-order valence-electron chi connectivity index (χ4n) is 3.39. The molecule has 1 unspecified atom stereocenters. The first-order valence-corrected chi connectivity index (χ1v) is 9.17. The van der Waals surface area contributed by atoms with Gasteiger partial charge in [-0.15, -0.1) is 0 Å². The summed E-state index contributed by atoms with van der Waals surface area (Å²) in [5, 5.41) is 3.51. The molecule has 1 aliphatic rings. The van der Waals surface area contributed by atoms with E-state index in [1.54, 1.807) is 24.5 Å². The van der Waals surface area contributed by atoms with E-state index in [2.05, 4.69) is 39.2 Å². The van der Waals surface area contributed by atoms with Crippen LogP contribution in [0.15, 0.2) is 54.9 Å². The van der Waals surface area contributed by atoms with E-state index in [4.69, 9.17) is 11.6 Å². The molecular formula is C21H19ClN4O. The molecule has 2 heterocycles. The molecule has 2 aromatic carbocycles. The van der Waals surface area contributed by atoms with Crippen molar-refractivity contribution in [1.29, 1.82) is 0 Å². The number of aromatic nitrogens is 2. The van der Waals surface area contributed by atoms with Gasteiger partial charge in [-0.05, 0) is 55.7 Å². The topological polar surface area (TPSA) is 58.1 Å². The quantitative estimate of drug-likeness (QED) is 0.713. The summed E-state index contributed by atoms with van der Waals surface area (Å²) in [4.78, 5) is 23.5. The number of hydrogen-bond donors (Lipinski definition) is 1. The molecule has 0 fully saturated rings. The van der Waals surface area contributed by atoms with Crippen molar-refractivity contribution in [3.8, 4) is 0 Å². The van der Waals surface area contributed by atoms with Crippen LogP contribution in [0.1, 0.15) is 28.4 Å². The van der Waals surface area contributed by atoms with E-state index in [1.165, 1.54) is 5.56 Å². The molecule has 0 aliphatic carbocycles. The summed E-state index contributed by atoms with van der Waals surface area (Å²) in [6, 6.07) is 13.9. The number of fused-ring (bicyclic) bond motifs is 1. The molecule has 1 amide bonds. The minimum absolute atomic E-state index is 0.248. The highest BCUT2D eigenvalue weighted by molar-refractivity contribution is 6.30. The van der Waals surface area contributed by atoms with Crippen molar-refractivity contribution < 1.29 is 4.79 Å². The van der Waals surface area contributed by atoms with Crippen molar-refractivity contribution in [2.45, 2.75) is 26.3 Å². The zero-order valence-electron chi connectivity index (χ0n) is 15.1. The fourth-order valence-corrected chi connectivity index (χ4v) is 3.62. The number of anilines is 3. The predicted molar refractivity (Wildman–Crippen MR) is 108 cm³/mol. The van der Waals surface area contributed by atoms with E-state index >= 15 is 0 Å².